The fourth-order valence-corrected chi connectivity index (χ4v) is 2.47. The molecule has 7 heteroatoms. The molecule has 0 unspecified atom stereocenters. The van der Waals surface area contributed by atoms with Crippen molar-refractivity contribution >= 4 is 11.6 Å². The number of ether oxygens (including phenoxy) is 1. The van der Waals surface area contributed by atoms with Gasteiger partial charge in [0.2, 0.25) is 0 Å². The van der Waals surface area contributed by atoms with Gasteiger partial charge in [-0.15, -0.1) is 0 Å². The molecule has 2 aromatic carbocycles. The second-order valence-corrected chi connectivity index (χ2v) is 6.06. The fraction of sp³-hybridized carbons (Fsp3) is 0.150. The molecule has 138 valence electrons. The first-order chi connectivity index (χ1) is 13.0. The van der Waals surface area contributed by atoms with Crippen molar-refractivity contribution in [3.05, 3.63) is 65.4 Å². The van der Waals surface area contributed by atoms with Crippen molar-refractivity contribution in [3.63, 3.8) is 0 Å². The number of hydrogen-bond acceptors (Lipinski definition) is 5. The maximum Gasteiger partial charge on any atom is 0.289 e. The number of hydrazone groups is 1. The highest BCUT2D eigenvalue weighted by Gasteiger charge is 2.11. The van der Waals surface area contributed by atoms with Crippen molar-refractivity contribution in [3.8, 4) is 22.8 Å². The minimum atomic E-state index is -0.397. The van der Waals surface area contributed by atoms with Gasteiger partial charge in [-0.3, -0.25) is 9.89 Å². The average Bonchev–Trinajstić information content (AvgIpc) is 3.17. The number of aromatic nitrogens is 2. The smallest absolute Gasteiger partial charge is 0.289 e. The normalized spacial score (nSPS) is 11.3. The summed E-state index contributed by atoms with van der Waals surface area (Å²) in [4.78, 5) is 12.3. The molecule has 0 aliphatic heterocycles. The third-order valence-electron chi connectivity index (χ3n) is 4.09. The van der Waals surface area contributed by atoms with Crippen LogP contribution in [0.4, 0.5) is 0 Å². The van der Waals surface area contributed by atoms with Crippen LogP contribution in [0.2, 0.25) is 0 Å². The molecule has 1 aromatic heterocycles. The zero-order valence-corrected chi connectivity index (χ0v) is 15.3. The number of H-pyrrole nitrogens is 1. The highest BCUT2D eigenvalue weighted by Crippen LogP contribution is 2.26. The van der Waals surface area contributed by atoms with E-state index >= 15 is 0 Å². The lowest BCUT2D eigenvalue weighted by Crippen LogP contribution is -2.19. The minimum Gasteiger partial charge on any atom is -0.504 e. The number of phenols is 1. The molecule has 3 aromatic rings. The summed E-state index contributed by atoms with van der Waals surface area (Å²) in [6, 6.07) is 14.4. The van der Waals surface area contributed by atoms with Crippen LogP contribution in [0.1, 0.15) is 28.5 Å². The van der Waals surface area contributed by atoms with E-state index in [-0.39, 0.29) is 5.75 Å². The largest absolute Gasteiger partial charge is 0.504 e. The van der Waals surface area contributed by atoms with Crippen LogP contribution < -0.4 is 10.2 Å². The predicted molar refractivity (Wildman–Crippen MR) is 103 cm³/mol. The maximum atomic E-state index is 12.3. The molecule has 0 bridgehead atoms. The number of rotatable bonds is 5. The summed E-state index contributed by atoms with van der Waals surface area (Å²) in [5.41, 5.74) is 6.86. The minimum absolute atomic E-state index is 0.0409. The second kappa shape index (κ2) is 7.74. The summed E-state index contributed by atoms with van der Waals surface area (Å²) >= 11 is 0. The standard InChI is InChI=1S/C20H20N4O3/c1-12-4-6-14(7-5-12)16-11-17(23-22-16)20(26)24-21-13(2)15-8-9-18(25)19(10-15)27-3/h4-11,25H,1-3H3,(H,22,23)(H,24,26). The van der Waals surface area contributed by atoms with E-state index in [0.29, 0.717) is 22.8 Å². The molecule has 7 nitrogen and oxygen atoms in total. The molecule has 1 heterocycles. The molecule has 3 N–H and O–H groups in total. The van der Waals surface area contributed by atoms with E-state index in [9.17, 15) is 9.90 Å². The molecule has 0 atom stereocenters. The van der Waals surface area contributed by atoms with E-state index in [1.165, 1.54) is 13.2 Å². The summed E-state index contributed by atoms with van der Waals surface area (Å²) in [5.74, 6) is -0.0187. The second-order valence-electron chi connectivity index (χ2n) is 6.06. The van der Waals surface area contributed by atoms with Gasteiger partial charge in [0, 0.05) is 11.1 Å². The number of carbonyl (C=O) groups excluding carboxylic acids is 1. The van der Waals surface area contributed by atoms with Crippen LogP contribution in [0.3, 0.4) is 0 Å². The number of amides is 1. The van der Waals surface area contributed by atoms with Crippen LogP contribution in [0.25, 0.3) is 11.3 Å². The van der Waals surface area contributed by atoms with Gasteiger partial charge >= 0.3 is 0 Å². The summed E-state index contributed by atoms with van der Waals surface area (Å²) in [6.45, 7) is 3.76. The zero-order valence-electron chi connectivity index (χ0n) is 15.3. The number of phenolic OH excluding ortho intramolecular Hbond substituents is 1. The Morgan fingerprint density at radius 2 is 1.93 bits per heavy atom. The Bertz CT molecular complexity index is 991. The van der Waals surface area contributed by atoms with Gasteiger partial charge in [-0.25, -0.2) is 5.43 Å². The van der Waals surface area contributed by atoms with Gasteiger partial charge < -0.3 is 9.84 Å². The molecule has 0 saturated heterocycles. The van der Waals surface area contributed by atoms with Crippen LogP contribution in [-0.4, -0.2) is 34.0 Å². The average molecular weight is 364 g/mol. The lowest BCUT2D eigenvalue weighted by atomic mass is 10.1. The summed E-state index contributed by atoms with van der Waals surface area (Å²) in [5, 5.41) is 20.7. The number of carbonyl (C=O) groups is 1. The van der Waals surface area contributed by atoms with Crippen LogP contribution in [0.15, 0.2) is 53.6 Å². The number of aromatic amines is 1. The predicted octanol–water partition coefficient (Wildman–Crippen LogP) is 3.25. The van der Waals surface area contributed by atoms with Gasteiger partial charge in [-0.05, 0) is 38.1 Å². The van der Waals surface area contributed by atoms with Gasteiger partial charge in [0.1, 0.15) is 5.69 Å². The fourth-order valence-electron chi connectivity index (χ4n) is 2.47. The Hall–Kier alpha value is -3.61. The van der Waals surface area contributed by atoms with Gasteiger partial charge in [-0.2, -0.15) is 10.2 Å². The molecule has 27 heavy (non-hydrogen) atoms. The Balaban J connectivity index is 1.72. The topological polar surface area (TPSA) is 99.6 Å². The number of nitrogens with one attached hydrogen (secondary N) is 2. The lowest BCUT2D eigenvalue weighted by molar-refractivity contribution is 0.0950. The maximum absolute atomic E-state index is 12.3. The highest BCUT2D eigenvalue weighted by molar-refractivity contribution is 6.01. The van der Waals surface area contributed by atoms with E-state index in [0.717, 1.165) is 16.7 Å². The van der Waals surface area contributed by atoms with E-state index in [1.54, 1.807) is 25.1 Å². The van der Waals surface area contributed by atoms with Crippen LogP contribution in [0, 0.1) is 6.92 Å². The summed E-state index contributed by atoms with van der Waals surface area (Å²) in [7, 11) is 1.47. The molecule has 0 aliphatic carbocycles. The molecule has 0 spiro atoms. The van der Waals surface area contributed by atoms with Crippen molar-refractivity contribution in [1.82, 2.24) is 15.6 Å². The number of nitrogens with zero attached hydrogens (tertiary/aromatic N) is 2. The van der Waals surface area contributed by atoms with E-state index < -0.39 is 5.91 Å². The van der Waals surface area contributed by atoms with E-state index in [1.807, 2.05) is 31.2 Å². The van der Waals surface area contributed by atoms with Gasteiger partial charge in [0.15, 0.2) is 11.5 Å². The molecule has 0 fully saturated rings. The number of methoxy groups -OCH3 is 1. The Morgan fingerprint density at radius 1 is 1.19 bits per heavy atom. The van der Waals surface area contributed by atoms with Crippen LogP contribution in [-0.2, 0) is 0 Å². The number of benzene rings is 2. The Morgan fingerprint density at radius 3 is 2.63 bits per heavy atom. The molecule has 1 amide bonds. The van der Waals surface area contributed by atoms with Crippen LogP contribution >= 0.6 is 0 Å². The first-order valence-electron chi connectivity index (χ1n) is 8.32. The molecule has 0 radical (unpaired) electrons. The van der Waals surface area contributed by atoms with Crippen molar-refractivity contribution in [2.75, 3.05) is 7.11 Å². The Kier molecular flexibility index (Phi) is 5.21. The summed E-state index contributed by atoms with van der Waals surface area (Å²) in [6.07, 6.45) is 0. The number of aromatic hydroxyl groups is 1. The monoisotopic (exact) mass is 364 g/mol. The van der Waals surface area contributed by atoms with Gasteiger partial charge in [0.05, 0.1) is 18.5 Å². The third kappa shape index (κ3) is 4.14. The van der Waals surface area contributed by atoms with Crippen molar-refractivity contribution < 1.29 is 14.6 Å². The van der Waals surface area contributed by atoms with Crippen molar-refractivity contribution in [2.45, 2.75) is 13.8 Å². The highest BCUT2D eigenvalue weighted by atomic mass is 16.5. The molecular formula is C20H20N4O3. The Labute approximate surface area is 156 Å². The van der Waals surface area contributed by atoms with Gasteiger partial charge in [-0.1, -0.05) is 29.8 Å². The summed E-state index contributed by atoms with van der Waals surface area (Å²) < 4.78 is 5.08. The molecule has 0 aliphatic rings. The van der Waals surface area contributed by atoms with Gasteiger partial charge in [0.25, 0.3) is 5.91 Å². The quantitative estimate of drug-likeness (QED) is 0.478. The molecule has 0 saturated carbocycles. The SMILES string of the molecule is COc1cc(C(C)=NNC(=O)c2cc(-c3ccc(C)cc3)n[nH]2)ccc1O. The first-order valence-corrected chi connectivity index (χ1v) is 8.32. The number of aryl methyl sites for hydroxylation is 1. The zero-order chi connectivity index (χ0) is 19.4. The van der Waals surface area contributed by atoms with E-state index in [4.69, 9.17) is 4.74 Å². The lowest BCUT2D eigenvalue weighted by Gasteiger charge is -2.06. The molecular weight excluding hydrogens is 344 g/mol. The molecule has 3 rings (SSSR count). The first kappa shape index (κ1) is 18.2. The van der Waals surface area contributed by atoms with E-state index in [2.05, 4.69) is 20.7 Å². The number of hydrogen-bond donors (Lipinski definition) is 3. The van der Waals surface area contributed by atoms with Crippen molar-refractivity contribution in [1.29, 1.82) is 0 Å². The third-order valence-corrected chi connectivity index (χ3v) is 4.09. The van der Waals surface area contributed by atoms with Crippen LogP contribution in [0.5, 0.6) is 11.5 Å². The van der Waals surface area contributed by atoms with Crippen molar-refractivity contribution in [2.24, 2.45) is 5.10 Å².